The molecule has 2 N–H and O–H groups in total. The summed E-state index contributed by atoms with van der Waals surface area (Å²) in [6, 6.07) is 3.58. The Kier molecular flexibility index (Phi) is 5.38. The van der Waals surface area contributed by atoms with E-state index in [1.54, 1.807) is 36.5 Å². The number of aromatic amines is 1. The highest BCUT2D eigenvalue weighted by atomic mass is 32.1. The number of aromatic nitrogens is 2. The number of carbonyl (C=O) groups is 1. The Morgan fingerprint density at radius 1 is 1.31 bits per heavy atom. The van der Waals surface area contributed by atoms with Crippen molar-refractivity contribution in [1.82, 2.24) is 15.3 Å². The van der Waals surface area contributed by atoms with Crippen molar-refractivity contribution in [2.45, 2.75) is 40.2 Å². The van der Waals surface area contributed by atoms with Crippen molar-refractivity contribution in [3.05, 3.63) is 71.2 Å². The molecule has 1 atom stereocenters. The second-order valence-electron chi connectivity index (χ2n) is 6.39. The summed E-state index contributed by atoms with van der Waals surface area (Å²) < 4.78 is 0. The fourth-order valence-electron chi connectivity index (χ4n) is 2.86. The zero-order chi connectivity index (χ0) is 18.8. The molecule has 3 heterocycles. The lowest BCUT2D eigenvalue weighted by Crippen LogP contribution is -2.34. The molecule has 0 aliphatic rings. The minimum Gasteiger partial charge on any atom is -0.342 e. The monoisotopic (exact) mass is 387 g/mol. The summed E-state index contributed by atoms with van der Waals surface area (Å²) in [6.07, 6.45) is 0.643. The largest absolute Gasteiger partial charge is 0.342 e. The molecule has 3 aromatic rings. The SMILES string of the molecule is Cc1cc(C)c(C(=O)N[C@@H](Cc2ccsc2)c2nc(C)c(C)s2)c(=O)[nH]1. The number of pyridine rings is 1. The van der Waals surface area contributed by atoms with Crippen LogP contribution in [0.15, 0.2) is 27.7 Å². The highest BCUT2D eigenvalue weighted by molar-refractivity contribution is 7.11. The maximum absolute atomic E-state index is 12.8. The number of thiazole rings is 1. The van der Waals surface area contributed by atoms with E-state index in [4.69, 9.17) is 0 Å². The van der Waals surface area contributed by atoms with E-state index in [1.807, 2.05) is 31.4 Å². The third-order valence-corrected chi connectivity index (χ3v) is 6.18. The number of thiophene rings is 1. The van der Waals surface area contributed by atoms with Crippen LogP contribution in [0.2, 0.25) is 0 Å². The summed E-state index contributed by atoms with van der Waals surface area (Å²) >= 11 is 3.21. The molecule has 0 unspecified atom stereocenters. The number of nitrogens with zero attached hydrogens (tertiary/aromatic N) is 1. The lowest BCUT2D eigenvalue weighted by Gasteiger charge is -2.17. The number of rotatable bonds is 5. The van der Waals surface area contributed by atoms with Gasteiger partial charge in [-0.2, -0.15) is 11.3 Å². The molecule has 0 aliphatic carbocycles. The van der Waals surface area contributed by atoms with Gasteiger partial charge in [0.2, 0.25) is 0 Å². The summed E-state index contributed by atoms with van der Waals surface area (Å²) in [4.78, 5) is 33.6. The molecule has 0 bridgehead atoms. The molecule has 3 rings (SSSR count). The lowest BCUT2D eigenvalue weighted by molar-refractivity contribution is 0.0934. The zero-order valence-electron chi connectivity index (χ0n) is 15.2. The zero-order valence-corrected chi connectivity index (χ0v) is 16.8. The molecule has 0 fully saturated rings. The summed E-state index contributed by atoms with van der Waals surface area (Å²) in [5.74, 6) is -0.366. The van der Waals surface area contributed by atoms with Gasteiger partial charge in [-0.1, -0.05) is 0 Å². The molecule has 3 aromatic heterocycles. The summed E-state index contributed by atoms with van der Waals surface area (Å²) in [7, 11) is 0. The highest BCUT2D eigenvalue weighted by Crippen LogP contribution is 2.26. The first-order valence-electron chi connectivity index (χ1n) is 8.31. The van der Waals surface area contributed by atoms with Gasteiger partial charge in [-0.05, 0) is 61.7 Å². The van der Waals surface area contributed by atoms with Crippen LogP contribution in [0, 0.1) is 27.7 Å². The first kappa shape index (κ1) is 18.5. The van der Waals surface area contributed by atoms with Crippen molar-refractivity contribution in [3.63, 3.8) is 0 Å². The van der Waals surface area contributed by atoms with E-state index < -0.39 is 0 Å². The molecule has 7 heteroatoms. The second-order valence-corrected chi connectivity index (χ2v) is 8.41. The Morgan fingerprint density at radius 2 is 2.08 bits per heavy atom. The van der Waals surface area contributed by atoms with E-state index in [0.29, 0.717) is 12.0 Å². The molecule has 0 spiro atoms. The summed E-state index contributed by atoms with van der Waals surface area (Å²) in [5.41, 5.74) is 3.32. The lowest BCUT2D eigenvalue weighted by atomic mass is 10.1. The Balaban J connectivity index is 1.92. The van der Waals surface area contributed by atoms with Crippen LogP contribution in [0.3, 0.4) is 0 Å². The molecule has 136 valence electrons. The van der Waals surface area contributed by atoms with E-state index >= 15 is 0 Å². The number of nitrogens with one attached hydrogen (secondary N) is 2. The van der Waals surface area contributed by atoms with E-state index in [2.05, 4.69) is 20.7 Å². The fraction of sp³-hybridized carbons (Fsp3) is 0.316. The van der Waals surface area contributed by atoms with Gasteiger partial charge in [-0.3, -0.25) is 9.59 Å². The number of carbonyl (C=O) groups excluding carboxylic acids is 1. The van der Waals surface area contributed by atoms with Crippen LogP contribution in [0.25, 0.3) is 0 Å². The van der Waals surface area contributed by atoms with Crippen molar-refractivity contribution in [3.8, 4) is 0 Å². The maximum atomic E-state index is 12.8. The minimum atomic E-state index is -0.366. The van der Waals surface area contributed by atoms with Crippen LogP contribution < -0.4 is 10.9 Å². The van der Waals surface area contributed by atoms with Gasteiger partial charge >= 0.3 is 0 Å². The topological polar surface area (TPSA) is 74.8 Å². The van der Waals surface area contributed by atoms with Gasteiger partial charge in [-0.15, -0.1) is 11.3 Å². The summed E-state index contributed by atoms with van der Waals surface area (Å²) in [5, 5.41) is 7.97. The molecular weight excluding hydrogens is 366 g/mol. The normalized spacial score (nSPS) is 12.2. The van der Waals surface area contributed by atoms with Crippen molar-refractivity contribution in [1.29, 1.82) is 0 Å². The van der Waals surface area contributed by atoms with Gasteiger partial charge in [0.05, 0.1) is 11.7 Å². The average molecular weight is 388 g/mol. The van der Waals surface area contributed by atoms with Crippen LogP contribution in [-0.2, 0) is 6.42 Å². The Hall–Kier alpha value is -2.25. The average Bonchev–Trinajstić information content (AvgIpc) is 3.16. The number of amides is 1. The van der Waals surface area contributed by atoms with Crippen LogP contribution in [-0.4, -0.2) is 15.9 Å². The van der Waals surface area contributed by atoms with Crippen LogP contribution in [0.1, 0.15) is 48.8 Å². The Morgan fingerprint density at radius 3 is 2.65 bits per heavy atom. The molecular formula is C19H21N3O2S2. The van der Waals surface area contributed by atoms with Gasteiger partial charge in [-0.25, -0.2) is 4.98 Å². The molecule has 0 radical (unpaired) electrons. The van der Waals surface area contributed by atoms with Crippen LogP contribution in [0.5, 0.6) is 0 Å². The first-order valence-corrected chi connectivity index (χ1v) is 10.1. The van der Waals surface area contributed by atoms with Crippen molar-refractivity contribution in [2.24, 2.45) is 0 Å². The van der Waals surface area contributed by atoms with E-state index in [-0.39, 0.29) is 23.1 Å². The van der Waals surface area contributed by atoms with Gasteiger partial charge in [0, 0.05) is 17.0 Å². The number of H-pyrrole nitrogens is 1. The van der Waals surface area contributed by atoms with Crippen LogP contribution >= 0.6 is 22.7 Å². The van der Waals surface area contributed by atoms with E-state index in [9.17, 15) is 9.59 Å². The molecule has 0 aromatic carbocycles. The van der Waals surface area contributed by atoms with E-state index in [1.165, 1.54) is 0 Å². The van der Waals surface area contributed by atoms with Gasteiger partial charge < -0.3 is 10.3 Å². The predicted octanol–water partition coefficient (Wildman–Crippen LogP) is 3.84. The smallest absolute Gasteiger partial charge is 0.261 e. The minimum absolute atomic E-state index is 0.163. The molecule has 0 aliphatic heterocycles. The van der Waals surface area contributed by atoms with Crippen molar-refractivity contribution in [2.75, 3.05) is 0 Å². The van der Waals surface area contributed by atoms with E-state index in [0.717, 1.165) is 26.8 Å². The van der Waals surface area contributed by atoms with Gasteiger partial charge in [0.1, 0.15) is 10.6 Å². The first-order chi connectivity index (χ1) is 12.3. The van der Waals surface area contributed by atoms with Crippen LogP contribution in [0.4, 0.5) is 0 Å². The third-order valence-electron chi connectivity index (χ3n) is 4.26. The molecule has 0 saturated heterocycles. The molecule has 5 nitrogen and oxygen atoms in total. The maximum Gasteiger partial charge on any atom is 0.261 e. The van der Waals surface area contributed by atoms with Crippen molar-refractivity contribution < 1.29 is 4.79 Å². The third kappa shape index (κ3) is 3.94. The number of hydrogen-bond donors (Lipinski definition) is 2. The quantitative estimate of drug-likeness (QED) is 0.698. The molecule has 26 heavy (non-hydrogen) atoms. The van der Waals surface area contributed by atoms with Gasteiger partial charge in [0.25, 0.3) is 11.5 Å². The molecule has 0 saturated carbocycles. The Labute approximate surface area is 160 Å². The standard InChI is InChI=1S/C19H21N3O2S2/c1-10-7-11(2)20-17(23)16(10)18(24)22-15(8-14-5-6-25-9-14)19-21-12(3)13(4)26-19/h5-7,9,15H,8H2,1-4H3,(H,20,23)(H,22,24)/t15-/m0/s1. The predicted molar refractivity (Wildman–Crippen MR) is 106 cm³/mol. The summed E-state index contributed by atoms with van der Waals surface area (Å²) in [6.45, 7) is 7.57. The number of hydrogen-bond acceptors (Lipinski definition) is 5. The highest BCUT2D eigenvalue weighted by Gasteiger charge is 2.23. The Bertz CT molecular complexity index is 967. The fourth-order valence-corrected chi connectivity index (χ4v) is 4.51. The van der Waals surface area contributed by atoms with Crippen molar-refractivity contribution >= 4 is 28.6 Å². The second kappa shape index (κ2) is 7.55. The number of aryl methyl sites for hydroxylation is 4. The van der Waals surface area contributed by atoms with Gasteiger partial charge in [0.15, 0.2) is 0 Å². The molecule has 1 amide bonds.